The summed E-state index contributed by atoms with van der Waals surface area (Å²) in [6.45, 7) is 2.13. The number of nitriles is 2. The molecule has 3 aromatic rings. The molecule has 5 atom stereocenters. The molecule has 1 heterocycles. The monoisotopic (exact) mass is 409 g/mol. The van der Waals surface area contributed by atoms with Crippen LogP contribution in [0.5, 0.6) is 0 Å². The number of aromatic nitrogens is 2. The van der Waals surface area contributed by atoms with Crippen LogP contribution in [-0.2, 0) is 0 Å². The van der Waals surface area contributed by atoms with Crippen LogP contribution in [0.25, 0.3) is 11.0 Å². The number of amides is 1. The van der Waals surface area contributed by atoms with E-state index < -0.39 is 0 Å². The van der Waals surface area contributed by atoms with Crippen molar-refractivity contribution < 1.29 is 4.79 Å². The van der Waals surface area contributed by atoms with Crippen LogP contribution in [0.3, 0.4) is 0 Å². The Labute approximate surface area is 181 Å². The van der Waals surface area contributed by atoms with Crippen LogP contribution in [0, 0.1) is 40.4 Å². The van der Waals surface area contributed by atoms with Crippen LogP contribution in [-0.4, -0.2) is 21.5 Å². The van der Waals surface area contributed by atoms with Crippen LogP contribution in [0.15, 0.2) is 48.8 Å². The average molecular weight is 409 g/mol. The quantitative estimate of drug-likeness (QED) is 0.684. The van der Waals surface area contributed by atoms with Gasteiger partial charge in [0.2, 0.25) is 0 Å². The normalized spacial score (nSPS) is 24.7. The van der Waals surface area contributed by atoms with Gasteiger partial charge in [0.25, 0.3) is 5.91 Å². The van der Waals surface area contributed by atoms with Gasteiger partial charge in [-0.1, -0.05) is 6.92 Å². The van der Waals surface area contributed by atoms with Crippen LogP contribution < -0.4 is 5.32 Å². The summed E-state index contributed by atoms with van der Waals surface area (Å²) in [6.07, 6.45) is 4.98. The smallest absolute Gasteiger partial charge is 0.251 e. The van der Waals surface area contributed by atoms with Gasteiger partial charge in [-0.3, -0.25) is 4.79 Å². The molecule has 31 heavy (non-hydrogen) atoms. The third-order valence-electron chi connectivity index (χ3n) is 7.08. The van der Waals surface area contributed by atoms with Gasteiger partial charge in [0.15, 0.2) is 0 Å². The van der Waals surface area contributed by atoms with E-state index in [2.05, 4.69) is 33.9 Å². The van der Waals surface area contributed by atoms with E-state index in [9.17, 15) is 10.1 Å². The van der Waals surface area contributed by atoms with E-state index >= 15 is 0 Å². The van der Waals surface area contributed by atoms with Gasteiger partial charge in [0, 0.05) is 17.6 Å². The SMILES string of the molecule is CC[C@@H](NC(=O)c1ccc(C#N)cc1)C1[C@H]2CC(n3cnc4ccc(C#N)cc43)C[C@@H]12. The fourth-order valence-electron chi connectivity index (χ4n) is 5.49. The van der Waals surface area contributed by atoms with E-state index in [0.717, 1.165) is 30.3 Å². The molecule has 2 aliphatic rings. The summed E-state index contributed by atoms with van der Waals surface area (Å²) in [5, 5.41) is 21.4. The Morgan fingerprint density at radius 2 is 1.81 bits per heavy atom. The van der Waals surface area contributed by atoms with Crippen molar-refractivity contribution in [3.63, 3.8) is 0 Å². The number of benzene rings is 2. The molecule has 6 nitrogen and oxygen atoms in total. The first-order valence-electron chi connectivity index (χ1n) is 10.8. The Kier molecular flexibility index (Phi) is 4.71. The minimum atomic E-state index is -0.0671. The Balaban J connectivity index is 1.25. The number of imidazole rings is 1. The molecular weight excluding hydrogens is 386 g/mol. The molecule has 6 heteroatoms. The summed E-state index contributed by atoms with van der Waals surface area (Å²) in [5.74, 6) is 1.69. The predicted octanol–water partition coefficient (Wildman–Crippen LogP) is 4.19. The average Bonchev–Trinajstić information content (AvgIpc) is 3.15. The molecule has 1 N–H and O–H groups in total. The molecule has 2 aliphatic carbocycles. The highest BCUT2D eigenvalue weighted by Crippen LogP contribution is 2.62. The topological polar surface area (TPSA) is 94.5 Å². The number of rotatable bonds is 5. The van der Waals surface area contributed by atoms with Crippen LogP contribution in [0.2, 0.25) is 0 Å². The third-order valence-corrected chi connectivity index (χ3v) is 7.08. The van der Waals surface area contributed by atoms with Gasteiger partial charge in [-0.25, -0.2) is 4.98 Å². The van der Waals surface area contributed by atoms with Crippen LogP contribution >= 0.6 is 0 Å². The lowest BCUT2D eigenvalue weighted by Crippen LogP contribution is -2.37. The van der Waals surface area contributed by atoms with E-state index in [4.69, 9.17) is 5.26 Å². The number of nitrogens with one attached hydrogen (secondary N) is 1. The summed E-state index contributed by atoms with van der Waals surface area (Å²) in [4.78, 5) is 17.2. The van der Waals surface area contributed by atoms with Gasteiger partial charge < -0.3 is 9.88 Å². The van der Waals surface area contributed by atoms with E-state index in [1.165, 1.54) is 0 Å². The molecule has 0 spiro atoms. The fourth-order valence-corrected chi connectivity index (χ4v) is 5.49. The molecule has 2 fully saturated rings. The number of carbonyl (C=O) groups excluding carboxylic acids is 1. The second kappa shape index (κ2) is 7.56. The molecule has 2 saturated carbocycles. The molecule has 154 valence electrons. The summed E-state index contributed by atoms with van der Waals surface area (Å²) < 4.78 is 2.23. The van der Waals surface area contributed by atoms with Crippen molar-refractivity contribution >= 4 is 16.9 Å². The fraction of sp³-hybridized carbons (Fsp3) is 0.360. The van der Waals surface area contributed by atoms with Gasteiger partial charge in [-0.2, -0.15) is 10.5 Å². The zero-order valence-electron chi connectivity index (χ0n) is 17.3. The summed E-state index contributed by atoms with van der Waals surface area (Å²) in [5.41, 5.74) is 3.77. The second-order valence-corrected chi connectivity index (χ2v) is 8.67. The van der Waals surface area contributed by atoms with Crippen LogP contribution in [0.4, 0.5) is 0 Å². The Morgan fingerprint density at radius 1 is 1.13 bits per heavy atom. The predicted molar refractivity (Wildman–Crippen MR) is 116 cm³/mol. The second-order valence-electron chi connectivity index (χ2n) is 8.67. The van der Waals surface area contributed by atoms with Crippen molar-refractivity contribution in [1.29, 1.82) is 10.5 Å². The zero-order chi connectivity index (χ0) is 21.5. The number of hydrogen-bond acceptors (Lipinski definition) is 4. The molecule has 0 saturated heterocycles. The number of fused-ring (bicyclic) bond motifs is 2. The first-order valence-corrected chi connectivity index (χ1v) is 10.8. The van der Waals surface area contributed by atoms with Gasteiger partial charge in [0.05, 0.1) is 40.6 Å². The van der Waals surface area contributed by atoms with Crippen molar-refractivity contribution in [3.05, 3.63) is 65.5 Å². The highest BCUT2D eigenvalue weighted by Gasteiger charge is 2.59. The molecule has 0 radical (unpaired) electrons. The maximum Gasteiger partial charge on any atom is 0.251 e. The van der Waals surface area contributed by atoms with Gasteiger partial charge in [0.1, 0.15) is 0 Å². The lowest BCUT2D eigenvalue weighted by Gasteiger charge is -2.22. The van der Waals surface area contributed by atoms with Crippen molar-refractivity contribution in [3.8, 4) is 12.1 Å². The van der Waals surface area contributed by atoms with Crippen molar-refractivity contribution in [1.82, 2.24) is 14.9 Å². The maximum atomic E-state index is 12.7. The molecule has 1 amide bonds. The number of hydrogen-bond donors (Lipinski definition) is 1. The van der Waals surface area contributed by atoms with Gasteiger partial charge >= 0.3 is 0 Å². The van der Waals surface area contributed by atoms with E-state index in [-0.39, 0.29) is 11.9 Å². The van der Waals surface area contributed by atoms with Gasteiger partial charge in [-0.15, -0.1) is 0 Å². The zero-order valence-corrected chi connectivity index (χ0v) is 17.3. The lowest BCUT2D eigenvalue weighted by molar-refractivity contribution is 0.0927. The standard InChI is InChI=1S/C25H23N5O/c1-2-21(29-25(31)17-6-3-15(12-26)4-7-17)24-19-10-18(11-20(19)24)30-14-28-22-8-5-16(13-27)9-23(22)30/h3-9,14,18-21,24H,2,10-11H2,1H3,(H,29,31)/t18?,19-,20+,21-,24?/m1/s1. The van der Waals surface area contributed by atoms with Crippen molar-refractivity contribution in [2.24, 2.45) is 17.8 Å². The van der Waals surface area contributed by atoms with Gasteiger partial charge in [-0.05, 0) is 79.5 Å². The Hall–Kier alpha value is -3.64. The largest absolute Gasteiger partial charge is 0.349 e. The first-order chi connectivity index (χ1) is 15.1. The van der Waals surface area contributed by atoms with E-state index in [0.29, 0.717) is 40.5 Å². The molecular formula is C25H23N5O. The first kappa shape index (κ1) is 19.3. The maximum absolute atomic E-state index is 12.7. The Morgan fingerprint density at radius 3 is 2.45 bits per heavy atom. The van der Waals surface area contributed by atoms with E-state index in [1.807, 2.05) is 24.5 Å². The minimum Gasteiger partial charge on any atom is -0.349 e. The molecule has 0 bridgehead atoms. The third kappa shape index (κ3) is 3.35. The summed E-state index contributed by atoms with van der Waals surface area (Å²) >= 11 is 0. The molecule has 1 aromatic heterocycles. The summed E-state index contributed by atoms with van der Waals surface area (Å²) in [6, 6.07) is 17.3. The number of nitrogens with zero attached hydrogens (tertiary/aromatic N) is 4. The number of carbonyl (C=O) groups is 1. The highest BCUT2D eigenvalue weighted by atomic mass is 16.1. The minimum absolute atomic E-state index is 0.0671. The molecule has 5 rings (SSSR count). The van der Waals surface area contributed by atoms with Crippen molar-refractivity contribution in [2.75, 3.05) is 0 Å². The highest BCUT2D eigenvalue weighted by molar-refractivity contribution is 5.94. The van der Waals surface area contributed by atoms with Crippen LogP contribution in [0.1, 0.15) is 53.7 Å². The van der Waals surface area contributed by atoms with Crippen molar-refractivity contribution in [2.45, 2.75) is 38.3 Å². The Bertz CT molecular complexity index is 1220. The molecule has 2 aromatic carbocycles. The summed E-state index contributed by atoms with van der Waals surface area (Å²) in [7, 11) is 0. The van der Waals surface area contributed by atoms with E-state index in [1.54, 1.807) is 24.3 Å². The lowest BCUT2D eigenvalue weighted by atomic mass is 9.98. The molecule has 2 unspecified atom stereocenters. The molecule has 0 aliphatic heterocycles.